The number of carbonyl (C=O) groups excluding carboxylic acids is 2. The molecule has 9 heteroatoms. The highest BCUT2D eigenvalue weighted by molar-refractivity contribution is 7.89. The fraction of sp³-hybridized carbons (Fsp3) is 0.556. The van der Waals surface area contributed by atoms with Gasteiger partial charge in [0.25, 0.3) is 15.9 Å². The summed E-state index contributed by atoms with van der Waals surface area (Å²) in [5.74, 6) is -1.01. The third-order valence-electron chi connectivity index (χ3n) is 4.59. The third kappa shape index (κ3) is 5.50. The van der Waals surface area contributed by atoms with Crippen molar-refractivity contribution in [1.29, 1.82) is 0 Å². The Morgan fingerprint density at radius 3 is 2.30 bits per heavy atom. The summed E-state index contributed by atoms with van der Waals surface area (Å²) in [6.07, 6.45) is 4.32. The molecule has 1 aliphatic rings. The Balaban J connectivity index is 1.96. The number of rotatable bonds is 7. The zero-order valence-corrected chi connectivity index (χ0v) is 16.6. The topological polar surface area (TPSA) is 102 Å². The van der Waals surface area contributed by atoms with E-state index in [-0.39, 0.29) is 22.4 Å². The molecule has 0 radical (unpaired) electrons. The van der Waals surface area contributed by atoms with Gasteiger partial charge in [-0.3, -0.25) is 9.63 Å². The van der Waals surface area contributed by atoms with Crippen molar-refractivity contribution in [3.8, 4) is 0 Å². The molecule has 27 heavy (non-hydrogen) atoms. The van der Waals surface area contributed by atoms with Crippen LogP contribution < -0.4 is 5.32 Å². The molecular formula is C18H26N2O6S. The average molecular weight is 398 g/mol. The number of carbonyl (C=O) groups is 2. The summed E-state index contributed by atoms with van der Waals surface area (Å²) in [5, 5.41) is 2.91. The Labute approximate surface area is 159 Å². The Morgan fingerprint density at radius 1 is 1.15 bits per heavy atom. The number of hydrogen-bond donors (Lipinski definition) is 1. The standard InChI is InChI=1S/C18H26N2O6S/c1-13(17(21)19-15-7-5-4-6-8-15)26-18(22)14-9-11-16(12-10-14)27(23,24)20(2)25-3/h9-13,15H,4-8H2,1-3H3,(H,19,21)/t13-/m1/s1. The van der Waals surface area contributed by atoms with E-state index >= 15 is 0 Å². The Kier molecular flexibility index (Phi) is 7.34. The number of hydroxylamine groups is 1. The average Bonchev–Trinajstić information content (AvgIpc) is 2.67. The maximum atomic E-state index is 12.2. The number of ether oxygens (including phenoxy) is 1. The lowest BCUT2D eigenvalue weighted by molar-refractivity contribution is -0.130. The highest BCUT2D eigenvalue weighted by atomic mass is 32.2. The second-order valence-electron chi connectivity index (χ2n) is 6.51. The number of esters is 1. The third-order valence-corrected chi connectivity index (χ3v) is 6.28. The van der Waals surface area contributed by atoms with Gasteiger partial charge in [-0.25, -0.2) is 13.2 Å². The van der Waals surface area contributed by atoms with Crippen molar-refractivity contribution in [3.05, 3.63) is 29.8 Å². The fourth-order valence-corrected chi connectivity index (χ4v) is 3.83. The molecule has 1 amide bonds. The summed E-state index contributed by atoms with van der Waals surface area (Å²) < 4.78 is 30.2. The van der Waals surface area contributed by atoms with Gasteiger partial charge in [-0.2, -0.15) is 0 Å². The summed E-state index contributed by atoms with van der Waals surface area (Å²) in [5.41, 5.74) is 0.159. The highest BCUT2D eigenvalue weighted by Gasteiger charge is 2.24. The molecule has 1 N–H and O–H groups in total. The molecule has 1 aromatic rings. The molecule has 1 aromatic carbocycles. The predicted octanol–water partition coefficient (Wildman–Crippen LogP) is 1.86. The van der Waals surface area contributed by atoms with E-state index in [1.807, 2.05) is 0 Å². The van der Waals surface area contributed by atoms with E-state index in [4.69, 9.17) is 9.57 Å². The van der Waals surface area contributed by atoms with Crippen LogP contribution in [0.15, 0.2) is 29.2 Å². The van der Waals surface area contributed by atoms with Crippen LogP contribution in [0.25, 0.3) is 0 Å². The van der Waals surface area contributed by atoms with Crippen LogP contribution in [0, 0.1) is 0 Å². The summed E-state index contributed by atoms with van der Waals surface area (Å²) in [6.45, 7) is 1.52. The normalized spacial score (nSPS) is 16.7. The first-order valence-corrected chi connectivity index (χ1v) is 10.3. The molecule has 1 aliphatic carbocycles. The number of amides is 1. The summed E-state index contributed by atoms with van der Waals surface area (Å²) in [6, 6.07) is 5.38. The molecule has 0 aromatic heterocycles. The highest BCUT2D eigenvalue weighted by Crippen LogP contribution is 2.18. The van der Waals surface area contributed by atoms with Crippen LogP contribution >= 0.6 is 0 Å². The van der Waals surface area contributed by atoms with E-state index in [9.17, 15) is 18.0 Å². The maximum Gasteiger partial charge on any atom is 0.338 e. The minimum absolute atomic E-state index is 0.0218. The lowest BCUT2D eigenvalue weighted by Gasteiger charge is -2.24. The molecule has 1 fully saturated rings. The largest absolute Gasteiger partial charge is 0.449 e. The van der Waals surface area contributed by atoms with Crippen LogP contribution in [-0.4, -0.2) is 51.1 Å². The Bertz CT molecular complexity index is 757. The van der Waals surface area contributed by atoms with E-state index in [0.29, 0.717) is 0 Å². The van der Waals surface area contributed by atoms with E-state index < -0.39 is 22.1 Å². The fourth-order valence-electron chi connectivity index (χ4n) is 2.86. The van der Waals surface area contributed by atoms with Crippen molar-refractivity contribution >= 4 is 21.9 Å². The van der Waals surface area contributed by atoms with Gasteiger partial charge >= 0.3 is 5.97 Å². The minimum atomic E-state index is -3.79. The molecular weight excluding hydrogens is 372 g/mol. The van der Waals surface area contributed by atoms with Crippen LogP contribution in [-0.2, 0) is 24.4 Å². The van der Waals surface area contributed by atoms with E-state index in [2.05, 4.69) is 5.32 Å². The molecule has 8 nitrogen and oxygen atoms in total. The van der Waals surface area contributed by atoms with Crippen LogP contribution in [0.3, 0.4) is 0 Å². The first-order valence-electron chi connectivity index (χ1n) is 8.90. The maximum absolute atomic E-state index is 12.2. The van der Waals surface area contributed by atoms with Gasteiger partial charge in [0.2, 0.25) is 0 Å². The molecule has 1 atom stereocenters. The number of benzene rings is 1. The lowest BCUT2D eigenvalue weighted by atomic mass is 9.95. The van der Waals surface area contributed by atoms with Crippen molar-refractivity contribution in [3.63, 3.8) is 0 Å². The van der Waals surface area contributed by atoms with Crippen LogP contribution in [0.2, 0.25) is 0 Å². The van der Waals surface area contributed by atoms with Crippen molar-refractivity contribution < 1.29 is 27.6 Å². The van der Waals surface area contributed by atoms with Crippen LogP contribution in [0.4, 0.5) is 0 Å². The molecule has 0 unspecified atom stereocenters. The second-order valence-corrected chi connectivity index (χ2v) is 8.45. The molecule has 2 rings (SSSR count). The number of hydrogen-bond acceptors (Lipinski definition) is 6. The first-order chi connectivity index (χ1) is 12.8. The van der Waals surface area contributed by atoms with Gasteiger partial charge in [-0.15, -0.1) is 0 Å². The molecule has 150 valence electrons. The summed E-state index contributed by atoms with van der Waals surface area (Å²) >= 11 is 0. The van der Waals surface area contributed by atoms with Gasteiger partial charge < -0.3 is 10.1 Å². The molecule has 0 aliphatic heterocycles. The van der Waals surface area contributed by atoms with Crippen molar-refractivity contribution in [2.24, 2.45) is 0 Å². The van der Waals surface area contributed by atoms with Gasteiger partial charge in [0, 0.05) is 13.1 Å². The van der Waals surface area contributed by atoms with Gasteiger partial charge in [0.1, 0.15) is 0 Å². The molecule has 0 bridgehead atoms. The first kappa shape index (κ1) is 21.3. The van der Waals surface area contributed by atoms with Crippen molar-refractivity contribution in [1.82, 2.24) is 9.79 Å². The van der Waals surface area contributed by atoms with Crippen molar-refractivity contribution in [2.75, 3.05) is 14.2 Å². The second kappa shape index (κ2) is 9.29. The van der Waals surface area contributed by atoms with Crippen LogP contribution in [0.5, 0.6) is 0 Å². The zero-order valence-electron chi connectivity index (χ0n) is 15.8. The molecule has 1 saturated carbocycles. The van der Waals surface area contributed by atoms with E-state index in [0.717, 1.165) is 30.2 Å². The predicted molar refractivity (Wildman–Crippen MR) is 98.3 cm³/mol. The summed E-state index contributed by atoms with van der Waals surface area (Å²) in [7, 11) is -1.28. The SMILES string of the molecule is CON(C)S(=O)(=O)c1ccc(C(=O)O[C@H](C)C(=O)NC2CCCCC2)cc1. The summed E-state index contributed by atoms with van der Waals surface area (Å²) in [4.78, 5) is 29.1. The molecule has 0 saturated heterocycles. The Hall–Kier alpha value is -1.97. The quantitative estimate of drug-likeness (QED) is 0.556. The van der Waals surface area contributed by atoms with E-state index in [1.165, 1.54) is 51.8 Å². The monoisotopic (exact) mass is 398 g/mol. The smallest absolute Gasteiger partial charge is 0.338 e. The number of nitrogens with one attached hydrogen (secondary N) is 1. The van der Waals surface area contributed by atoms with Gasteiger partial charge in [0.15, 0.2) is 6.10 Å². The molecule has 0 spiro atoms. The van der Waals surface area contributed by atoms with Crippen LogP contribution in [0.1, 0.15) is 49.4 Å². The zero-order chi connectivity index (χ0) is 20.0. The number of sulfonamides is 1. The lowest BCUT2D eigenvalue weighted by Crippen LogP contribution is -2.42. The van der Waals surface area contributed by atoms with Gasteiger partial charge in [-0.05, 0) is 44.0 Å². The van der Waals surface area contributed by atoms with Crippen molar-refractivity contribution in [2.45, 2.75) is 56.1 Å². The van der Waals surface area contributed by atoms with E-state index in [1.54, 1.807) is 0 Å². The van der Waals surface area contributed by atoms with Gasteiger partial charge in [-0.1, -0.05) is 23.7 Å². The van der Waals surface area contributed by atoms with Gasteiger partial charge in [0.05, 0.1) is 17.6 Å². The Morgan fingerprint density at radius 2 is 1.74 bits per heavy atom. The number of nitrogens with zero attached hydrogens (tertiary/aromatic N) is 1. The minimum Gasteiger partial charge on any atom is -0.449 e. The molecule has 0 heterocycles.